The van der Waals surface area contributed by atoms with E-state index in [0.717, 1.165) is 26.1 Å². The highest BCUT2D eigenvalue weighted by Crippen LogP contribution is 2.25. The molecule has 3 N–H and O–H groups in total. The number of carbonyl (C=O) groups is 1. The maximum atomic E-state index is 11.7. The van der Waals surface area contributed by atoms with Crippen LogP contribution in [0.3, 0.4) is 0 Å². The number of nitrogens with two attached hydrogens (primary N) is 1. The van der Waals surface area contributed by atoms with Crippen LogP contribution in [0.25, 0.3) is 0 Å². The number of carbonyl (C=O) groups excluding carboxylic acids is 1. The van der Waals surface area contributed by atoms with E-state index in [9.17, 15) is 4.79 Å². The molecule has 0 aliphatic carbocycles. The fourth-order valence-corrected chi connectivity index (χ4v) is 2.81. The summed E-state index contributed by atoms with van der Waals surface area (Å²) in [5.41, 5.74) is 2.48. The van der Waals surface area contributed by atoms with E-state index in [1.807, 2.05) is 19.0 Å². The van der Waals surface area contributed by atoms with Crippen LogP contribution in [-0.2, 0) is 4.79 Å². The van der Waals surface area contributed by atoms with Crippen LogP contribution in [0.5, 0.6) is 0 Å². The molecule has 1 unspecified atom stereocenters. The van der Waals surface area contributed by atoms with Crippen LogP contribution in [-0.4, -0.2) is 65.5 Å². The molecule has 0 bridgehead atoms. The van der Waals surface area contributed by atoms with Gasteiger partial charge in [-0.25, -0.2) is 5.84 Å². The summed E-state index contributed by atoms with van der Waals surface area (Å²) in [5.74, 6) is 7.18. The molecule has 2 saturated heterocycles. The molecule has 0 spiro atoms. The molecule has 114 valence electrons. The number of hydrogen-bond acceptors (Lipinski definition) is 8. The number of anilines is 3. The molecule has 2 aliphatic rings. The summed E-state index contributed by atoms with van der Waals surface area (Å²) in [4.78, 5) is 30.6. The number of rotatable bonds is 3. The minimum absolute atomic E-state index is 0.258. The van der Waals surface area contributed by atoms with E-state index in [-0.39, 0.29) is 11.9 Å². The van der Waals surface area contributed by atoms with Crippen LogP contribution >= 0.6 is 0 Å². The minimum atomic E-state index is 0.258. The van der Waals surface area contributed by atoms with Gasteiger partial charge >= 0.3 is 0 Å². The average molecular weight is 292 g/mol. The molecule has 3 rings (SSSR count). The first-order valence-electron chi connectivity index (χ1n) is 7.03. The van der Waals surface area contributed by atoms with Gasteiger partial charge in [0.1, 0.15) is 0 Å². The number of nitrogens with one attached hydrogen (secondary N) is 1. The minimum Gasteiger partial charge on any atom is -0.347 e. The molecule has 1 amide bonds. The second-order valence-electron chi connectivity index (χ2n) is 5.52. The number of fused-ring (bicyclic) bond motifs is 1. The molecule has 9 heteroatoms. The molecule has 3 heterocycles. The maximum absolute atomic E-state index is 11.7. The van der Waals surface area contributed by atoms with Crippen molar-refractivity contribution in [2.75, 3.05) is 49.0 Å². The van der Waals surface area contributed by atoms with E-state index in [2.05, 4.69) is 25.3 Å². The van der Waals surface area contributed by atoms with Crippen LogP contribution < -0.4 is 21.1 Å². The number of nitrogen functional groups attached to an aromatic ring is 1. The summed E-state index contributed by atoms with van der Waals surface area (Å²) in [5, 5.41) is 0. The highest BCUT2D eigenvalue weighted by atomic mass is 16.2. The zero-order valence-corrected chi connectivity index (χ0v) is 12.3. The maximum Gasteiger partial charge on any atom is 0.243 e. The number of piperazine rings is 1. The van der Waals surface area contributed by atoms with Gasteiger partial charge in [0, 0.05) is 46.2 Å². The zero-order chi connectivity index (χ0) is 15.0. The van der Waals surface area contributed by atoms with Crippen molar-refractivity contribution in [1.29, 1.82) is 0 Å². The van der Waals surface area contributed by atoms with E-state index >= 15 is 0 Å². The first kappa shape index (κ1) is 13.8. The summed E-state index contributed by atoms with van der Waals surface area (Å²) in [6, 6.07) is 0.264. The van der Waals surface area contributed by atoms with E-state index in [1.165, 1.54) is 0 Å². The SMILES string of the molecule is CN(C)c1nc(NN)nc(N2CCN3C(=O)CCC3C2)n1. The lowest BCUT2D eigenvalue weighted by molar-refractivity contribution is -0.129. The number of nitrogens with zero attached hydrogens (tertiary/aromatic N) is 6. The van der Waals surface area contributed by atoms with Gasteiger partial charge in [0.05, 0.1) is 0 Å². The lowest BCUT2D eigenvalue weighted by atomic mass is 10.2. The summed E-state index contributed by atoms with van der Waals surface area (Å²) >= 11 is 0. The van der Waals surface area contributed by atoms with E-state index in [0.29, 0.717) is 24.3 Å². The summed E-state index contributed by atoms with van der Waals surface area (Å²) < 4.78 is 0. The Morgan fingerprint density at radius 3 is 2.81 bits per heavy atom. The molecule has 2 aliphatic heterocycles. The van der Waals surface area contributed by atoms with Crippen molar-refractivity contribution in [2.45, 2.75) is 18.9 Å². The Morgan fingerprint density at radius 1 is 1.29 bits per heavy atom. The van der Waals surface area contributed by atoms with Gasteiger partial charge in [-0.05, 0) is 6.42 Å². The lowest BCUT2D eigenvalue weighted by Gasteiger charge is -2.37. The molecule has 0 saturated carbocycles. The van der Waals surface area contributed by atoms with Crippen LogP contribution in [0.15, 0.2) is 0 Å². The van der Waals surface area contributed by atoms with E-state index in [4.69, 9.17) is 5.84 Å². The fraction of sp³-hybridized carbons (Fsp3) is 0.667. The van der Waals surface area contributed by atoms with Crippen LogP contribution in [0.2, 0.25) is 0 Å². The summed E-state index contributed by atoms with van der Waals surface area (Å²) in [6.07, 6.45) is 1.55. The summed E-state index contributed by atoms with van der Waals surface area (Å²) in [7, 11) is 3.74. The zero-order valence-electron chi connectivity index (χ0n) is 12.3. The van der Waals surface area contributed by atoms with Crippen LogP contribution in [0, 0.1) is 0 Å². The van der Waals surface area contributed by atoms with Crippen LogP contribution in [0.4, 0.5) is 17.8 Å². The summed E-state index contributed by atoms with van der Waals surface area (Å²) in [6.45, 7) is 2.20. The number of hydrogen-bond donors (Lipinski definition) is 2. The van der Waals surface area contributed by atoms with Gasteiger partial charge in [0.2, 0.25) is 23.8 Å². The van der Waals surface area contributed by atoms with Gasteiger partial charge in [-0.2, -0.15) is 15.0 Å². The Kier molecular flexibility index (Phi) is 3.50. The molecule has 9 nitrogen and oxygen atoms in total. The van der Waals surface area contributed by atoms with Crippen molar-refractivity contribution in [2.24, 2.45) is 5.84 Å². The van der Waals surface area contributed by atoms with Gasteiger partial charge in [-0.15, -0.1) is 0 Å². The Hall–Kier alpha value is -2.16. The highest BCUT2D eigenvalue weighted by Gasteiger charge is 2.36. The van der Waals surface area contributed by atoms with Gasteiger partial charge < -0.3 is 14.7 Å². The third kappa shape index (κ3) is 2.56. The molecule has 2 fully saturated rings. The predicted octanol–water partition coefficient (Wildman–Crippen LogP) is -0.966. The van der Waals surface area contributed by atoms with Gasteiger partial charge in [0.15, 0.2) is 0 Å². The Labute approximate surface area is 123 Å². The third-order valence-electron chi connectivity index (χ3n) is 3.92. The second-order valence-corrected chi connectivity index (χ2v) is 5.52. The van der Waals surface area contributed by atoms with Gasteiger partial charge in [0.25, 0.3) is 0 Å². The predicted molar refractivity (Wildman–Crippen MR) is 78.9 cm³/mol. The average Bonchev–Trinajstić information content (AvgIpc) is 2.87. The smallest absolute Gasteiger partial charge is 0.243 e. The van der Waals surface area contributed by atoms with Crippen molar-refractivity contribution in [1.82, 2.24) is 19.9 Å². The lowest BCUT2D eigenvalue weighted by Crippen LogP contribution is -2.52. The molecule has 1 aromatic rings. The molecular weight excluding hydrogens is 272 g/mol. The van der Waals surface area contributed by atoms with Gasteiger partial charge in [-0.1, -0.05) is 0 Å². The van der Waals surface area contributed by atoms with Crippen molar-refractivity contribution in [3.63, 3.8) is 0 Å². The van der Waals surface area contributed by atoms with Crippen molar-refractivity contribution in [3.05, 3.63) is 0 Å². The number of aromatic nitrogens is 3. The fourth-order valence-electron chi connectivity index (χ4n) is 2.81. The van der Waals surface area contributed by atoms with Crippen molar-refractivity contribution >= 4 is 23.8 Å². The molecule has 21 heavy (non-hydrogen) atoms. The van der Waals surface area contributed by atoms with Crippen molar-refractivity contribution < 1.29 is 4.79 Å². The van der Waals surface area contributed by atoms with Crippen molar-refractivity contribution in [3.8, 4) is 0 Å². The monoisotopic (exact) mass is 292 g/mol. The molecule has 0 radical (unpaired) electrons. The van der Waals surface area contributed by atoms with E-state index < -0.39 is 0 Å². The largest absolute Gasteiger partial charge is 0.347 e. The van der Waals surface area contributed by atoms with E-state index in [1.54, 1.807) is 4.90 Å². The molecule has 1 aromatic heterocycles. The highest BCUT2D eigenvalue weighted by molar-refractivity contribution is 5.79. The number of amides is 1. The first-order chi connectivity index (χ1) is 10.1. The van der Waals surface area contributed by atoms with Crippen LogP contribution in [0.1, 0.15) is 12.8 Å². The second kappa shape index (κ2) is 5.32. The Balaban J connectivity index is 1.83. The Bertz CT molecular complexity index is 548. The topological polar surface area (TPSA) is 104 Å². The van der Waals surface area contributed by atoms with Gasteiger partial charge in [-0.3, -0.25) is 10.2 Å². The third-order valence-corrected chi connectivity index (χ3v) is 3.92. The quantitative estimate of drug-likeness (QED) is 0.542. The molecule has 1 atom stereocenters. The Morgan fingerprint density at radius 2 is 2.10 bits per heavy atom. The standard InChI is InChI=1S/C12H20N8O/c1-18(2)11-14-10(17-13)15-12(16-11)19-5-6-20-8(7-19)3-4-9(20)21/h8H,3-7,13H2,1-2H3,(H,14,15,16,17). The normalized spacial score (nSPS) is 21.5. The molecule has 0 aromatic carbocycles. The first-order valence-corrected chi connectivity index (χ1v) is 7.03. The number of hydrazine groups is 1. The molecular formula is C12H20N8O.